The number of hydrogen-bond acceptors (Lipinski definition) is 6. The summed E-state index contributed by atoms with van der Waals surface area (Å²) >= 11 is 3.46. The molecule has 0 fully saturated rings. The fourth-order valence-electron chi connectivity index (χ4n) is 2.18. The first kappa shape index (κ1) is 19.7. The van der Waals surface area contributed by atoms with Crippen molar-refractivity contribution in [1.29, 1.82) is 0 Å². The summed E-state index contributed by atoms with van der Waals surface area (Å²) in [6.45, 7) is 4.97. The Morgan fingerprint density at radius 2 is 1.96 bits per heavy atom. The van der Waals surface area contributed by atoms with Gasteiger partial charge in [0.15, 0.2) is 11.5 Å². The number of rotatable bonds is 9. The van der Waals surface area contributed by atoms with E-state index in [1.807, 2.05) is 19.9 Å². The number of oxime groups is 1. The molecule has 0 bridgehead atoms. The van der Waals surface area contributed by atoms with Crippen LogP contribution in [0.25, 0.3) is 0 Å². The van der Waals surface area contributed by atoms with Crippen LogP contribution in [0.15, 0.2) is 46.0 Å². The van der Waals surface area contributed by atoms with Gasteiger partial charge >= 0.3 is 0 Å². The molecule has 0 spiro atoms. The second-order valence-electron chi connectivity index (χ2n) is 5.13. The van der Waals surface area contributed by atoms with Crippen LogP contribution in [-0.4, -0.2) is 24.4 Å². The van der Waals surface area contributed by atoms with Crippen molar-refractivity contribution < 1.29 is 19.2 Å². The summed E-state index contributed by atoms with van der Waals surface area (Å²) in [4.78, 5) is 15.6. The number of ether oxygens (including phenoxy) is 2. The normalized spacial score (nSPS) is 10.7. The molecule has 2 aromatic rings. The van der Waals surface area contributed by atoms with Crippen LogP contribution >= 0.6 is 15.9 Å². The van der Waals surface area contributed by atoms with E-state index in [0.29, 0.717) is 30.3 Å². The molecule has 0 heterocycles. The van der Waals surface area contributed by atoms with E-state index in [0.717, 1.165) is 10.0 Å². The summed E-state index contributed by atoms with van der Waals surface area (Å²) < 4.78 is 11.9. The van der Waals surface area contributed by atoms with Gasteiger partial charge in [0.25, 0.3) is 5.69 Å². The van der Waals surface area contributed by atoms with Crippen LogP contribution in [0.5, 0.6) is 11.5 Å². The molecule has 138 valence electrons. The quantitative estimate of drug-likeness (QED) is 0.332. The van der Waals surface area contributed by atoms with Gasteiger partial charge in [0.1, 0.15) is 6.61 Å². The Balaban J connectivity index is 2.06. The molecular weight excluding hydrogens is 404 g/mol. The molecule has 0 atom stereocenters. The lowest BCUT2D eigenvalue weighted by molar-refractivity contribution is -0.384. The van der Waals surface area contributed by atoms with Crippen molar-refractivity contribution >= 4 is 27.8 Å². The van der Waals surface area contributed by atoms with Gasteiger partial charge in [-0.25, -0.2) is 0 Å². The van der Waals surface area contributed by atoms with Crippen LogP contribution in [0.4, 0.5) is 5.69 Å². The van der Waals surface area contributed by atoms with Gasteiger partial charge in [-0.15, -0.1) is 0 Å². The molecule has 0 N–H and O–H groups in total. The van der Waals surface area contributed by atoms with Crippen LogP contribution in [-0.2, 0) is 11.4 Å². The van der Waals surface area contributed by atoms with E-state index in [2.05, 4.69) is 21.1 Å². The zero-order valence-corrected chi connectivity index (χ0v) is 16.1. The van der Waals surface area contributed by atoms with Crippen LogP contribution in [0.1, 0.15) is 25.0 Å². The number of halogens is 1. The van der Waals surface area contributed by atoms with E-state index < -0.39 is 4.92 Å². The summed E-state index contributed by atoms with van der Waals surface area (Å²) in [6, 6.07) is 9.88. The van der Waals surface area contributed by atoms with Crippen LogP contribution in [0.2, 0.25) is 0 Å². The van der Waals surface area contributed by atoms with Crippen LogP contribution in [0, 0.1) is 10.1 Å². The number of nitrogens with zero attached hydrogens (tertiary/aromatic N) is 2. The number of non-ortho nitro benzene ring substituents is 1. The molecule has 2 rings (SSSR count). The Bertz CT molecular complexity index is 795. The fraction of sp³-hybridized carbons (Fsp3) is 0.278. The Morgan fingerprint density at radius 1 is 1.19 bits per heavy atom. The third kappa shape index (κ3) is 5.45. The van der Waals surface area contributed by atoms with Crippen LogP contribution < -0.4 is 9.47 Å². The third-order valence-electron chi connectivity index (χ3n) is 3.25. The second-order valence-corrected chi connectivity index (χ2v) is 5.99. The maximum Gasteiger partial charge on any atom is 0.269 e. The van der Waals surface area contributed by atoms with Gasteiger partial charge in [-0.05, 0) is 47.5 Å². The van der Waals surface area contributed by atoms with E-state index >= 15 is 0 Å². The smallest absolute Gasteiger partial charge is 0.269 e. The third-order valence-corrected chi connectivity index (χ3v) is 3.84. The molecule has 7 nitrogen and oxygen atoms in total. The number of nitro groups is 1. The van der Waals surface area contributed by atoms with E-state index in [9.17, 15) is 10.1 Å². The highest BCUT2D eigenvalue weighted by Gasteiger charge is 2.11. The molecule has 0 aromatic heterocycles. The first-order valence-electron chi connectivity index (χ1n) is 8.03. The van der Waals surface area contributed by atoms with Crippen molar-refractivity contribution in [3.8, 4) is 11.5 Å². The number of hydrogen-bond donors (Lipinski definition) is 0. The van der Waals surface area contributed by atoms with Gasteiger partial charge < -0.3 is 14.3 Å². The highest BCUT2D eigenvalue weighted by Crippen LogP contribution is 2.36. The Kier molecular flexibility index (Phi) is 7.40. The van der Waals surface area contributed by atoms with Crippen molar-refractivity contribution in [1.82, 2.24) is 0 Å². The first-order valence-corrected chi connectivity index (χ1v) is 8.82. The highest BCUT2D eigenvalue weighted by atomic mass is 79.9. The molecule has 0 saturated carbocycles. The molecule has 26 heavy (non-hydrogen) atoms. The molecule has 0 radical (unpaired) electrons. The average molecular weight is 423 g/mol. The van der Waals surface area contributed by atoms with Crippen molar-refractivity contribution in [2.75, 3.05) is 13.2 Å². The Morgan fingerprint density at radius 3 is 2.65 bits per heavy atom. The molecule has 0 amide bonds. The van der Waals surface area contributed by atoms with Crippen molar-refractivity contribution in [2.45, 2.75) is 20.5 Å². The molecule has 2 aromatic carbocycles. The predicted octanol–water partition coefficient (Wildman–Crippen LogP) is 4.71. The van der Waals surface area contributed by atoms with E-state index in [1.165, 1.54) is 12.1 Å². The molecule has 8 heteroatoms. The lowest BCUT2D eigenvalue weighted by Crippen LogP contribution is -2.00. The summed E-state index contributed by atoms with van der Waals surface area (Å²) in [6.07, 6.45) is 1.54. The zero-order chi connectivity index (χ0) is 18.9. The molecule has 0 unspecified atom stereocenters. The van der Waals surface area contributed by atoms with E-state index in [-0.39, 0.29) is 12.3 Å². The van der Waals surface area contributed by atoms with Gasteiger partial charge in [0.05, 0.1) is 28.8 Å². The number of benzene rings is 2. The van der Waals surface area contributed by atoms with Crippen molar-refractivity contribution in [3.63, 3.8) is 0 Å². The summed E-state index contributed by atoms with van der Waals surface area (Å²) in [5, 5.41) is 14.7. The maximum atomic E-state index is 10.8. The lowest BCUT2D eigenvalue weighted by atomic mass is 10.2. The van der Waals surface area contributed by atoms with Gasteiger partial charge in [0, 0.05) is 17.7 Å². The standard InChI is InChI=1S/C18H19BrN2O5/c1-3-24-17-10-14(9-16(19)18(17)25-4-2)11-20-26-12-13-6-5-7-15(8-13)21(22)23/h5-11H,3-4,12H2,1-2H3/b20-11-. The van der Waals surface area contributed by atoms with Crippen molar-refractivity contribution in [2.24, 2.45) is 5.16 Å². The number of nitro benzene ring substituents is 1. The fourth-order valence-corrected chi connectivity index (χ4v) is 2.75. The van der Waals surface area contributed by atoms with Crippen molar-refractivity contribution in [3.05, 3.63) is 62.1 Å². The predicted molar refractivity (Wildman–Crippen MR) is 102 cm³/mol. The maximum absolute atomic E-state index is 10.8. The van der Waals surface area contributed by atoms with Gasteiger partial charge in [0.2, 0.25) is 0 Å². The topological polar surface area (TPSA) is 83.2 Å². The minimum Gasteiger partial charge on any atom is -0.490 e. The zero-order valence-electron chi connectivity index (χ0n) is 14.5. The Labute approximate surface area is 159 Å². The summed E-state index contributed by atoms with van der Waals surface area (Å²) in [5.41, 5.74) is 1.45. The summed E-state index contributed by atoms with van der Waals surface area (Å²) in [5.74, 6) is 1.26. The largest absolute Gasteiger partial charge is 0.490 e. The van der Waals surface area contributed by atoms with Gasteiger partial charge in [-0.1, -0.05) is 17.3 Å². The SMILES string of the molecule is CCOc1cc(/C=N\OCc2cccc([N+](=O)[O-])c2)cc(Br)c1OCC. The highest BCUT2D eigenvalue weighted by molar-refractivity contribution is 9.10. The Hall–Kier alpha value is -2.61. The summed E-state index contributed by atoms with van der Waals surface area (Å²) in [7, 11) is 0. The van der Waals surface area contributed by atoms with Crippen LogP contribution in [0.3, 0.4) is 0 Å². The molecule has 0 aliphatic rings. The second kappa shape index (κ2) is 9.76. The minimum absolute atomic E-state index is 0.0203. The van der Waals surface area contributed by atoms with E-state index in [4.69, 9.17) is 14.3 Å². The average Bonchev–Trinajstić information content (AvgIpc) is 2.62. The van der Waals surface area contributed by atoms with E-state index in [1.54, 1.807) is 24.4 Å². The molecule has 0 aliphatic carbocycles. The monoisotopic (exact) mass is 422 g/mol. The minimum atomic E-state index is -0.445. The van der Waals surface area contributed by atoms with Gasteiger partial charge in [-0.2, -0.15) is 0 Å². The molecular formula is C18H19BrN2O5. The molecule has 0 saturated heterocycles. The lowest BCUT2D eigenvalue weighted by Gasteiger charge is -2.13. The van der Waals surface area contributed by atoms with Gasteiger partial charge in [-0.3, -0.25) is 10.1 Å². The molecule has 0 aliphatic heterocycles. The first-order chi connectivity index (χ1) is 12.5.